The molecule has 0 saturated carbocycles. The number of fused-ring (bicyclic) bond motifs is 1. The minimum atomic E-state index is -0.239. The molecule has 0 spiro atoms. The zero-order chi connectivity index (χ0) is 11.5. The summed E-state index contributed by atoms with van der Waals surface area (Å²) in [6.45, 7) is 1.98. The van der Waals surface area contributed by atoms with Crippen LogP contribution in [0.1, 0.15) is 25.5 Å². The highest BCUT2D eigenvalue weighted by Crippen LogP contribution is 2.24. The van der Waals surface area contributed by atoms with E-state index in [1.54, 1.807) is 0 Å². The van der Waals surface area contributed by atoms with E-state index in [-0.39, 0.29) is 6.10 Å². The van der Waals surface area contributed by atoms with E-state index in [1.165, 1.54) is 0 Å². The lowest BCUT2D eigenvalue weighted by molar-refractivity contribution is 0.158. The van der Waals surface area contributed by atoms with Crippen molar-refractivity contribution < 1.29 is 9.52 Å². The average Bonchev–Trinajstić information content (AvgIpc) is 2.67. The lowest BCUT2D eigenvalue weighted by Crippen LogP contribution is -2.05. The van der Waals surface area contributed by atoms with Gasteiger partial charge in [-0.2, -0.15) is 0 Å². The molecule has 0 aliphatic carbocycles. The van der Waals surface area contributed by atoms with Gasteiger partial charge in [0.25, 0.3) is 0 Å². The van der Waals surface area contributed by atoms with Gasteiger partial charge < -0.3 is 9.52 Å². The molecule has 1 atom stereocenters. The summed E-state index contributed by atoms with van der Waals surface area (Å²) in [4.78, 5) is 0. The number of aliphatic hydroxyl groups is 1. The lowest BCUT2D eigenvalue weighted by Gasteiger charge is -2.04. The summed E-state index contributed by atoms with van der Waals surface area (Å²) in [6.07, 6.45) is 2.05. The Morgan fingerprint density at radius 2 is 2.19 bits per heavy atom. The van der Waals surface area contributed by atoms with Crippen molar-refractivity contribution in [3.63, 3.8) is 0 Å². The van der Waals surface area contributed by atoms with Gasteiger partial charge in [0.1, 0.15) is 11.3 Å². The van der Waals surface area contributed by atoms with Crippen molar-refractivity contribution >= 4 is 22.6 Å². The summed E-state index contributed by atoms with van der Waals surface area (Å²) in [7, 11) is 0. The van der Waals surface area contributed by atoms with Crippen LogP contribution in [0.25, 0.3) is 11.0 Å². The first-order chi connectivity index (χ1) is 7.69. The molecule has 3 heteroatoms. The summed E-state index contributed by atoms with van der Waals surface area (Å²) in [5, 5.41) is 11.2. The highest BCUT2D eigenvalue weighted by Gasteiger charge is 2.07. The van der Waals surface area contributed by atoms with E-state index in [2.05, 4.69) is 0 Å². The molecule has 0 bridgehead atoms. The van der Waals surface area contributed by atoms with Crippen molar-refractivity contribution in [2.75, 3.05) is 0 Å². The third kappa shape index (κ3) is 2.57. The summed E-state index contributed by atoms with van der Waals surface area (Å²) >= 11 is 5.90. The number of furan rings is 1. The molecule has 16 heavy (non-hydrogen) atoms. The first-order valence-electron chi connectivity index (χ1n) is 5.55. The fraction of sp³-hybridized carbons (Fsp3) is 0.385. The van der Waals surface area contributed by atoms with Crippen molar-refractivity contribution in [3.8, 4) is 0 Å². The third-order valence-corrected chi connectivity index (χ3v) is 2.96. The van der Waals surface area contributed by atoms with Crippen LogP contribution in [0.3, 0.4) is 0 Å². The van der Waals surface area contributed by atoms with E-state index in [0.29, 0.717) is 5.02 Å². The molecular weight excluding hydrogens is 224 g/mol. The second kappa shape index (κ2) is 4.89. The van der Waals surface area contributed by atoms with Gasteiger partial charge in [-0.15, -0.1) is 0 Å². The van der Waals surface area contributed by atoms with Crippen LogP contribution in [0.4, 0.5) is 0 Å². The smallest absolute Gasteiger partial charge is 0.134 e. The lowest BCUT2D eigenvalue weighted by atomic mass is 10.1. The summed E-state index contributed by atoms with van der Waals surface area (Å²) in [6, 6.07) is 7.57. The van der Waals surface area contributed by atoms with Gasteiger partial charge in [0.15, 0.2) is 0 Å². The van der Waals surface area contributed by atoms with E-state index in [0.717, 1.165) is 36.0 Å². The molecule has 2 nitrogen and oxygen atoms in total. The maximum Gasteiger partial charge on any atom is 0.134 e. The van der Waals surface area contributed by atoms with Crippen LogP contribution in [0.2, 0.25) is 5.02 Å². The predicted octanol–water partition coefficient (Wildman–Crippen LogP) is 3.79. The van der Waals surface area contributed by atoms with Gasteiger partial charge in [-0.1, -0.05) is 18.5 Å². The molecule has 1 aromatic heterocycles. The second-order valence-electron chi connectivity index (χ2n) is 4.00. The molecule has 0 fully saturated rings. The molecular formula is C13H15ClO2. The molecule has 2 aromatic rings. The molecule has 2 rings (SSSR count). The van der Waals surface area contributed by atoms with Crippen molar-refractivity contribution in [1.29, 1.82) is 0 Å². The molecule has 1 heterocycles. The first-order valence-corrected chi connectivity index (χ1v) is 5.93. The number of benzene rings is 1. The highest BCUT2D eigenvalue weighted by molar-refractivity contribution is 6.31. The van der Waals surface area contributed by atoms with Crippen molar-refractivity contribution in [2.45, 2.75) is 32.3 Å². The van der Waals surface area contributed by atoms with Crippen LogP contribution < -0.4 is 0 Å². The third-order valence-electron chi connectivity index (χ3n) is 2.72. The Balaban J connectivity index is 2.13. The Kier molecular flexibility index (Phi) is 3.52. The standard InChI is InChI=1S/C13H15ClO2/c1-2-11(15)4-5-12-8-9-7-10(14)3-6-13(9)16-12/h3,6-8,11,15H,2,4-5H2,1H3. The summed E-state index contributed by atoms with van der Waals surface area (Å²) in [5.74, 6) is 0.907. The predicted molar refractivity (Wildman–Crippen MR) is 65.8 cm³/mol. The molecule has 0 amide bonds. The molecule has 1 aromatic carbocycles. The van der Waals surface area contributed by atoms with Crippen LogP contribution >= 0.6 is 11.6 Å². The van der Waals surface area contributed by atoms with E-state index in [1.807, 2.05) is 31.2 Å². The number of hydrogen-bond donors (Lipinski definition) is 1. The van der Waals surface area contributed by atoms with Gasteiger partial charge in [0, 0.05) is 16.8 Å². The number of rotatable bonds is 4. The Labute approximate surface area is 99.8 Å². The van der Waals surface area contributed by atoms with Crippen molar-refractivity contribution in [3.05, 3.63) is 35.0 Å². The van der Waals surface area contributed by atoms with Crippen molar-refractivity contribution in [2.24, 2.45) is 0 Å². The summed E-state index contributed by atoms with van der Waals surface area (Å²) < 4.78 is 5.65. The minimum Gasteiger partial charge on any atom is -0.461 e. The summed E-state index contributed by atoms with van der Waals surface area (Å²) in [5.41, 5.74) is 0.852. The van der Waals surface area contributed by atoms with Gasteiger partial charge in [0.2, 0.25) is 0 Å². The van der Waals surface area contributed by atoms with Crippen LogP contribution in [0, 0.1) is 0 Å². The molecule has 0 aliphatic rings. The number of aryl methyl sites for hydroxylation is 1. The zero-order valence-electron chi connectivity index (χ0n) is 9.24. The highest BCUT2D eigenvalue weighted by atomic mass is 35.5. The largest absolute Gasteiger partial charge is 0.461 e. The van der Waals surface area contributed by atoms with Gasteiger partial charge in [-0.05, 0) is 37.1 Å². The van der Waals surface area contributed by atoms with E-state index in [9.17, 15) is 5.11 Å². The van der Waals surface area contributed by atoms with Crippen molar-refractivity contribution in [1.82, 2.24) is 0 Å². The van der Waals surface area contributed by atoms with Crippen LogP contribution in [0.15, 0.2) is 28.7 Å². The van der Waals surface area contributed by atoms with Crippen LogP contribution in [0.5, 0.6) is 0 Å². The molecule has 0 saturated heterocycles. The van der Waals surface area contributed by atoms with E-state index >= 15 is 0 Å². The van der Waals surface area contributed by atoms with Gasteiger partial charge >= 0.3 is 0 Å². The Bertz CT molecular complexity index is 476. The fourth-order valence-electron chi connectivity index (χ4n) is 1.71. The van der Waals surface area contributed by atoms with E-state index < -0.39 is 0 Å². The second-order valence-corrected chi connectivity index (χ2v) is 4.43. The number of aliphatic hydroxyl groups excluding tert-OH is 1. The molecule has 0 aliphatic heterocycles. The maximum atomic E-state index is 9.48. The molecule has 86 valence electrons. The van der Waals surface area contributed by atoms with Crippen LogP contribution in [-0.4, -0.2) is 11.2 Å². The zero-order valence-corrected chi connectivity index (χ0v) is 10.00. The van der Waals surface area contributed by atoms with E-state index in [4.69, 9.17) is 16.0 Å². The van der Waals surface area contributed by atoms with Gasteiger partial charge in [-0.25, -0.2) is 0 Å². The van der Waals surface area contributed by atoms with Gasteiger partial charge in [-0.3, -0.25) is 0 Å². The quantitative estimate of drug-likeness (QED) is 0.879. The average molecular weight is 239 g/mol. The number of hydrogen-bond acceptors (Lipinski definition) is 2. The topological polar surface area (TPSA) is 33.4 Å². The minimum absolute atomic E-state index is 0.239. The Morgan fingerprint density at radius 3 is 2.94 bits per heavy atom. The Morgan fingerprint density at radius 1 is 1.38 bits per heavy atom. The first kappa shape index (κ1) is 11.5. The number of halogens is 1. The van der Waals surface area contributed by atoms with Gasteiger partial charge in [0.05, 0.1) is 6.10 Å². The Hall–Kier alpha value is -0.990. The maximum absolute atomic E-state index is 9.48. The molecule has 1 unspecified atom stereocenters. The molecule has 1 N–H and O–H groups in total. The molecule has 0 radical (unpaired) electrons. The van der Waals surface area contributed by atoms with Crippen LogP contribution in [-0.2, 0) is 6.42 Å². The fourth-order valence-corrected chi connectivity index (χ4v) is 1.89. The monoisotopic (exact) mass is 238 g/mol. The normalized spacial score (nSPS) is 13.2. The SMILES string of the molecule is CCC(O)CCc1cc2cc(Cl)ccc2o1.